The van der Waals surface area contributed by atoms with Gasteiger partial charge in [0.1, 0.15) is 12.6 Å². The molecule has 0 radical (unpaired) electrons. The molecule has 0 saturated carbocycles. The molecule has 0 aliphatic rings. The number of carbonyl (C=O) groups excluding carboxylic acids is 2. The van der Waals surface area contributed by atoms with Crippen molar-refractivity contribution in [2.24, 2.45) is 0 Å². The van der Waals surface area contributed by atoms with E-state index in [1.807, 2.05) is 20.8 Å². The minimum atomic E-state index is -4.21. The Morgan fingerprint density at radius 3 is 2.15 bits per heavy atom. The van der Waals surface area contributed by atoms with Crippen LogP contribution in [0.25, 0.3) is 0 Å². The van der Waals surface area contributed by atoms with Crippen molar-refractivity contribution in [1.82, 2.24) is 10.2 Å². The monoisotopic (exact) mass is 623 g/mol. The second-order valence-electron chi connectivity index (χ2n) is 9.54. The standard InChI is InChI=1S/C29H32Cl3N3O4S/c1-5-20(3)33-29(37)21(4)34(17-22-12-15-24(30)26(32)16-22)28(36)18-35(27-9-7-6-8-25(27)31)40(38,39)23-13-10-19(2)11-14-23/h6-16,20-21H,5,17-18H2,1-4H3,(H,33,37)/t20-,21+/m0/s1. The zero-order valence-corrected chi connectivity index (χ0v) is 25.8. The van der Waals surface area contributed by atoms with Gasteiger partial charge in [0.15, 0.2) is 0 Å². The summed E-state index contributed by atoms with van der Waals surface area (Å²) in [5, 5.41) is 3.69. The molecule has 0 aliphatic heterocycles. The normalized spacial score (nSPS) is 12.9. The molecule has 3 rings (SSSR count). The Bertz CT molecular complexity index is 1470. The maximum absolute atomic E-state index is 14.0. The van der Waals surface area contributed by atoms with Crippen LogP contribution in [0.3, 0.4) is 0 Å². The van der Waals surface area contributed by atoms with Crippen LogP contribution in [0.5, 0.6) is 0 Å². The van der Waals surface area contributed by atoms with E-state index in [0.717, 1.165) is 9.87 Å². The molecule has 0 heterocycles. The molecule has 0 aromatic heterocycles. The van der Waals surface area contributed by atoms with Gasteiger partial charge in [-0.1, -0.05) is 77.6 Å². The zero-order valence-electron chi connectivity index (χ0n) is 22.7. The Hall–Kier alpha value is -2.78. The number of hydrogen-bond donors (Lipinski definition) is 1. The lowest BCUT2D eigenvalue weighted by molar-refractivity contribution is -0.139. The second-order valence-corrected chi connectivity index (χ2v) is 12.6. The molecule has 0 fully saturated rings. The van der Waals surface area contributed by atoms with E-state index >= 15 is 0 Å². The topological polar surface area (TPSA) is 86.8 Å². The van der Waals surface area contributed by atoms with Gasteiger partial charge in [0.05, 0.1) is 25.7 Å². The van der Waals surface area contributed by atoms with Crippen LogP contribution in [0, 0.1) is 6.92 Å². The van der Waals surface area contributed by atoms with Crippen molar-refractivity contribution < 1.29 is 18.0 Å². The maximum Gasteiger partial charge on any atom is 0.264 e. The van der Waals surface area contributed by atoms with Gasteiger partial charge in [0, 0.05) is 12.6 Å². The number of nitrogens with zero attached hydrogens (tertiary/aromatic N) is 2. The third kappa shape index (κ3) is 7.69. The summed E-state index contributed by atoms with van der Waals surface area (Å²) in [4.78, 5) is 28.4. The van der Waals surface area contributed by atoms with Crippen LogP contribution in [0.4, 0.5) is 5.69 Å². The zero-order chi connectivity index (χ0) is 29.6. The van der Waals surface area contributed by atoms with Gasteiger partial charge in [-0.15, -0.1) is 0 Å². The molecular weight excluding hydrogens is 593 g/mol. The summed E-state index contributed by atoms with van der Waals surface area (Å²) >= 11 is 18.7. The smallest absolute Gasteiger partial charge is 0.264 e. The quantitative estimate of drug-likeness (QED) is 0.265. The predicted octanol–water partition coefficient (Wildman–Crippen LogP) is 6.48. The maximum atomic E-state index is 14.0. The first kappa shape index (κ1) is 31.7. The van der Waals surface area contributed by atoms with Gasteiger partial charge in [-0.05, 0) is 69.2 Å². The number of rotatable bonds is 11. The molecule has 1 N–H and O–H groups in total. The summed E-state index contributed by atoms with van der Waals surface area (Å²) in [6.45, 7) is 6.64. The van der Waals surface area contributed by atoms with Crippen LogP contribution in [0.2, 0.25) is 15.1 Å². The van der Waals surface area contributed by atoms with Gasteiger partial charge in [0.25, 0.3) is 10.0 Å². The van der Waals surface area contributed by atoms with E-state index in [2.05, 4.69) is 5.32 Å². The Kier molecular flexibility index (Phi) is 10.9. The van der Waals surface area contributed by atoms with E-state index in [1.165, 1.54) is 23.1 Å². The van der Waals surface area contributed by atoms with E-state index in [-0.39, 0.29) is 34.1 Å². The number of amides is 2. The van der Waals surface area contributed by atoms with E-state index in [9.17, 15) is 18.0 Å². The van der Waals surface area contributed by atoms with E-state index in [4.69, 9.17) is 34.8 Å². The van der Waals surface area contributed by atoms with Crippen molar-refractivity contribution in [3.05, 3.63) is 92.9 Å². The summed E-state index contributed by atoms with van der Waals surface area (Å²) < 4.78 is 28.7. The van der Waals surface area contributed by atoms with Crippen LogP contribution in [0.15, 0.2) is 71.6 Å². The molecule has 0 bridgehead atoms. The molecule has 2 atom stereocenters. The fourth-order valence-corrected chi connectivity index (χ4v) is 5.93. The largest absolute Gasteiger partial charge is 0.352 e. The molecule has 0 aliphatic carbocycles. The van der Waals surface area contributed by atoms with Gasteiger partial charge >= 0.3 is 0 Å². The number of sulfonamides is 1. The van der Waals surface area contributed by atoms with Crippen molar-refractivity contribution in [1.29, 1.82) is 0 Å². The van der Waals surface area contributed by atoms with Crippen molar-refractivity contribution in [3.8, 4) is 0 Å². The fourth-order valence-electron chi connectivity index (χ4n) is 3.89. The number of hydrogen-bond acceptors (Lipinski definition) is 4. The van der Waals surface area contributed by atoms with Crippen LogP contribution >= 0.6 is 34.8 Å². The number of nitrogens with one attached hydrogen (secondary N) is 1. The lowest BCUT2D eigenvalue weighted by atomic mass is 10.1. The first-order valence-electron chi connectivity index (χ1n) is 12.7. The summed E-state index contributed by atoms with van der Waals surface area (Å²) in [7, 11) is -4.21. The van der Waals surface area contributed by atoms with Crippen LogP contribution in [-0.4, -0.2) is 43.8 Å². The van der Waals surface area contributed by atoms with Gasteiger partial charge in [-0.25, -0.2) is 8.42 Å². The molecule has 3 aromatic rings. The minimum Gasteiger partial charge on any atom is -0.352 e. The van der Waals surface area contributed by atoms with Crippen LogP contribution in [-0.2, 0) is 26.2 Å². The lowest BCUT2D eigenvalue weighted by Gasteiger charge is -2.32. The van der Waals surface area contributed by atoms with E-state index < -0.39 is 28.5 Å². The van der Waals surface area contributed by atoms with E-state index in [0.29, 0.717) is 22.0 Å². The number of para-hydroxylation sites is 1. The van der Waals surface area contributed by atoms with Gasteiger partial charge in [-0.2, -0.15) is 0 Å². The number of anilines is 1. The first-order chi connectivity index (χ1) is 18.8. The van der Waals surface area contributed by atoms with Crippen molar-refractivity contribution in [2.45, 2.75) is 57.6 Å². The highest BCUT2D eigenvalue weighted by molar-refractivity contribution is 7.92. The third-order valence-electron chi connectivity index (χ3n) is 6.51. The van der Waals surface area contributed by atoms with E-state index in [1.54, 1.807) is 55.5 Å². The summed E-state index contributed by atoms with van der Waals surface area (Å²) in [6.07, 6.45) is 0.703. The lowest BCUT2D eigenvalue weighted by Crippen LogP contribution is -2.52. The van der Waals surface area contributed by atoms with Crippen LogP contribution in [0.1, 0.15) is 38.3 Å². The molecule has 11 heteroatoms. The molecule has 0 saturated heterocycles. The molecule has 7 nitrogen and oxygen atoms in total. The molecular formula is C29H32Cl3N3O4S. The third-order valence-corrected chi connectivity index (χ3v) is 9.35. The Morgan fingerprint density at radius 2 is 1.55 bits per heavy atom. The highest BCUT2D eigenvalue weighted by Gasteiger charge is 2.33. The molecule has 2 amide bonds. The Labute approximate surface area is 251 Å². The van der Waals surface area contributed by atoms with Gasteiger partial charge < -0.3 is 10.2 Å². The molecule has 214 valence electrons. The predicted molar refractivity (Wildman–Crippen MR) is 162 cm³/mol. The summed E-state index contributed by atoms with van der Waals surface area (Å²) in [5.74, 6) is -0.970. The molecule has 3 aromatic carbocycles. The van der Waals surface area contributed by atoms with Crippen molar-refractivity contribution in [2.75, 3.05) is 10.8 Å². The highest BCUT2D eigenvalue weighted by Crippen LogP contribution is 2.31. The number of benzene rings is 3. The van der Waals surface area contributed by atoms with Gasteiger partial charge in [-0.3, -0.25) is 13.9 Å². The molecule has 40 heavy (non-hydrogen) atoms. The average Bonchev–Trinajstić information content (AvgIpc) is 2.92. The summed E-state index contributed by atoms with van der Waals surface area (Å²) in [6, 6.07) is 16.6. The highest BCUT2D eigenvalue weighted by atomic mass is 35.5. The SMILES string of the molecule is CC[C@H](C)NC(=O)[C@@H](C)N(Cc1ccc(Cl)c(Cl)c1)C(=O)CN(c1ccccc1Cl)S(=O)(=O)c1ccc(C)cc1. The Morgan fingerprint density at radius 1 is 0.900 bits per heavy atom. The number of carbonyl (C=O) groups is 2. The average molecular weight is 625 g/mol. The van der Waals surface area contributed by atoms with Gasteiger partial charge in [0.2, 0.25) is 11.8 Å². The first-order valence-corrected chi connectivity index (χ1v) is 15.3. The Balaban J connectivity index is 2.05. The molecule has 0 spiro atoms. The number of aryl methyl sites for hydroxylation is 1. The van der Waals surface area contributed by atoms with Crippen molar-refractivity contribution >= 4 is 62.3 Å². The molecule has 0 unspecified atom stereocenters. The fraction of sp³-hybridized carbons (Fsp3) is 0.310. The van der Waals surface area contributed by atoms with Crippen LogP contribution < -0.4 is 9.62 Å². The minimum absolute atomic E-state index is 0.00409. The van der Waals surface area contributed by atoms with Crippen molar-refractivity contribution in [3.63, 3.8) is 0 Å². The summed E-state index contributed by atoms with van der Waals surface area (Å²) in [5.41, 5.74) is 1.65. The number of halogens is 3. The second kappa shape index (κ2) is 13.7.